The van der Waals surface area contributed by atoms with Crippen molar-refractivity contribution in [3.63, 3.8) is 0 Å². The van der Waals surface area contributed by atoms with Gasteiger partial charge in [-0.1, -0.05) is 108 Å². The molecule has 0 aromatic heterocycles. The van der Waals surface area contributed by atoms with Crippen LogP contribution in [0.3, 0.4) is 0 Å². The SMILES string of the molecule is CCCCCCCCCCCCCCC(C(=O)c1cccc(N)c1)c1ccc(N)cc1. The molecule has 0 amide bonds. The average molecular weight is 423 g/mol. The van der Waals surface area contributed by atoms with Crippen LogP contribution in [0.2, 0.25) is 0 Å². The number of nitrogen functional groups attached to an aromatic ring is 2. The summed E-state index contributed by atoms with van der Waals surface area (Å²) in [5.41, 5.74) is 14.9. The number of anilines is 2. The lowest BCUT2D eigenvalue weighted by molar-refractivity contribution is 0.0953. The van der Waals surface area contributed by atoms with Gasteiger partial charge in [0.05, 0.1) is 0 Å². The largest absolute Gasteiger partial charge is 0.399 e. The lowest BCUT2D eigenvalue weighted by Crippen LogP contribution is -2.13. The Balaban J connectivity index is 1.75. The Labute approximate surface area is 189 Å². The second-order valence-electron chi connectivity index (χ2n) is 8.89. The standard InChI is InChI=1S/C28H42N2O/c1-2-3-4-5-6-7-8-9-10-11-12-13-17-27(23-18-20-25(29)21-19-23)28(31)24-15-14-16-26(30)22-24/h14-16,18-22,27H,2-13,17,29-30H2,1H3. The number of Topliss-reactive ketones (excluding diaryl/α,β-unsaturated/α-hetero) is 1. The molecular formula is C28H42N2O. The number of rotatable bonds is 16. The van der Waals surface area contributed by atoms with Crippen LogP contribution in [-0.2, 0) is 0 Å². The zero-order chi connectivity index (χ0) is 22.3. The number of carbonyl (C=O) groups excluding carboxylic acids is 1. The van der Waals surface area contributed by atoms with Crippen LogP contribution in [0.25, 0.3) is 0 Å². The van der Waals surface area contributed by atoms with Gasteiger partial charge in [0.25, 0.3) is 0 Å². The van der Waals surface area contributed by atoms with Crippen molar-refractivity contribution < 1.29 is 4.79 Å². The van der Waals surface area contributed by atoms with E-state index in [1.165, 1.54) is 70.6 Å². The maximum atomic E-state index is 13.2. The molecule has 170 valence electrons. The molecule has 2 aromatic rings. The molecule has 0 radical (unpaired) electrons. The van der Waals surface area contributed by atoms with E-state index in [0.717, 1.165) is 24.1 Å². The molecule has 0 aliphatic rings. The zero-order valence-corrected chi connectivity index (χ0v) is 19.5. The van der Waals surface area contributed by atoms with Crippen LogP contribution in [-0.4, -0.2) is 5.78 Å². The smallest absolute Gasteiger partial charge is 0.170 e. The first-order chi connectivity index (χ1) is 15.1. The Morgan fingerprint density at radius 3 is 1.81 bits per heavy atom. The molecule has 0 aliphatic heterocycles. The predicted molar refractivity (Wildman–Crippen MR) is 134 cm³/mol. The van der Waals surface area contributed by atoms with Gasteiger partial charge >= 0.3 is 0 Å². The van der Waals surface area contributed by atoms with E-state index < -0.39 is 0 Å². The summed E-state index contributed by atoms with van der Waals surface area (Å²) in [5.74, 6) is 0.0191. The number of nitrogens with two attached hydrogens (primary N) is 2. The van der Waals surface area contributed by atoms with Crippen LogP contribution in [0.5, 0.6) is 0 Å². The summed E-state index contributed by atoms with van der Waals surface area (Å²) in [6.45, 7) is 2.27. The molecule has 0 spiro atoms. The van der Waals surface area contributed by atoms with Crippen molar-refractivity contribution in [1.82, 2.24) is 0 Å². The lowest BCUT2D eigenvalue weighted by Gasteiger charge is -2.17. The van der Waals surface area contributed by atoms with Gasteiger partial charge in [-0.05, 0) is 36.2 Å². The zero-order valence-electron chi connectivity index (χ0n) is 19.5. The molecule has 2 rings (SSSR count). The van der Waals surface area contributed by atoms with Crippen molar-refractivity contribution in [2.75, 3.05) is 11.5 Å². The number of hydrogen-bond donors (Lipinski definition) is 2. The molecule has 3 nitrogen and oxygen atoms in total. The molecule has 0 heterocycles. The highest BCUT2D eigenvalue weighted by molar-refractivity contribution is 6.01. The Morgan fingerprint density at radius 1 is 0.710 bits per heavy atom. The maximum absolute atomic E-state index is 13.2. The van der Waals surface area contributed by atoms with Crippen molar-refractivity contribution in [1.29, 1.82) is 0 Å². The van der Waals surface area contributed by atoms with Crippen molar-refractivity contribution >= 4 is 17.2 Å². The second kappa shape index (κ2) is 14.7. The molecule has 0 saturated carbocycles. The number of ketones is 1. The monoisotopic (exact) mass is 422 g/mol. The summed E-state index contributed by atoms with van der Waals surface area (Å²) in [7, 11) is 0. The summed E-state index contributed by atoms with van der Waals surface area (Å²) in [4.78, 5) is 13.2. The number of benzene rings is 2. The molecule has 2 aromatic carbocycles. The summed E-state index contributed by atoms with van der Waals surface area (Å²) in [5, 5.41) is 0. The molecule has 0 fully saturated rings. The van der Waals surface area contributed by atoms with Gasteiger partial charge in [-0.2, -0.15) is 0 Å². The first-order valence-corrected chi connectivity index (χ1v) is 12.4. The topological polar surface area (TPSA) is 69.1 Å². The van der Waals surface area contributed by atoms with Gasteiger partial charge < -0.3 is 11.5 Å². The van der Waals surface area contributed by atoms with Crippen LogP contribution in [0, 0.1) is 0 Å². The number of hydrogen-bond acceptors (Lipinski definition) is 3. The van der Waals surface area contributed by atoms with E-state index in [1.54, 1.807) is 6.07 Å². The predicted octanol–water partition coefficient (Wildman–Crippen LogP) is 7.91. The van der Waals surface area contributed by atoms with Crippen molar-refractivity contribution in [2.45, 2.75) is 96.3 Å². The second-order valence-corrected chi connectivity index (χ2v) is 8.89. The fourth-order valence-electron chi connectivity index (χ4n) is 4.26. The molecule has 0 saturated heterocycles. The van der Waals surface area contributed by atoms with Gasteiger partial charge in [-0.15, -0.1) is 0 Å². The third kappa shape index (κ3) is 9.59. The Kier molecular flexibility index (Phi) is 11.8. The van der Waals surface area contributed by atoms with Crippen LogP contribution >= 0.6 is 0 Å². The minimum Gasteiger partial charge on any atom is -0.399 e. The number of unbranched alkanes of at least 4 members (excludes halogenated alkanes) is 11. The molecule has 4 N–H and O–H groups in total. The third-order valence-corrected chi connectivity index (χ3v) is 6.17. The summed E-state index contributed by atoms with van der Waals surface area (Å²) < 4.78 is 0. The van der Waals surface area contributed by atoms with Crippen molar-refractivity contribution in [2.24, 2.45) is 0 Å². The Hall–Kier alpha value is -2.29. The average Bonchev–Trinajstić information content (AvgIpc) is 2.77. The van der Waals surface area contributed by atoms with Gasteiger partial charge in [0.2, 0.25) is 0 Å². The molecular weight excluding hydrogens is 380 g/mol. The third-order valence-electron chi connectivity index (χ3n) is 6.17. The van der Waals surface area contributed by atoms with Gasteiger partial charge in [0.1, 0.15) is 0 Å². The van der Waals surface area contributed by atoms with Crippen molar-refractivity contribution in [3.05, 3.63) is 59.7 Å². The minimum atomic E-state index is -0.134. The highest BCUT2D eigenvalue weighted by Gasteiger charge is 2.21. The van der Waals surface area contributed by atoms with Gasteiger partial charge in [-0.3, -0.25) is 4.79 Å². The summed E-state index contributed by atoms with van der Waals surface area (Å²) in [6, 6.07) is 15.1. The Bertz CT molecular complexity index is 754. The van der Waals surface area contributed by atoms with Crippen LogP contribution in [0.1, 0.15) is 112 Å². The van der Waals surface area contributed by atoms with E-state index in [-0.39, 0.29) is 11.7 Å². The van der Waals surface area contributed by atoms with E-state index in [0.29, 0.717) is 11.3 Å². The molecule has 1 unspecified atom stereocenters. The van der Waals surface area contributed by atoms with E-state index in [1.807, 2.05) is 42.5 Å². The highest BCUT2D eigenvalue weighted by atomic mass is 16.1. The first kappa shape index (κ1) is 25.0. The van der Waals surface area contributed by atoms with E-state index in [2.05, 4.69) is 6.92 Å². The van der Waals surface area contributed by atoms with Crippen LogP contribution in [0.15, 0.2) is 48.5 Å². The summed E-state index contributed by atoms with van der Waals surface area (Å²) >= 11 is 0. The first-order valence-electron chi connectivity index (χ1n) is 12.4. The minimum absolute atomic E-state index is 0.134. The molecule has 1 atom stereocenters. The van der Waals surface area contributed by atoms with Crippen LogP contribution in [0.4, 0.5) is 11.4 Å². The van der Waals surface area contributed by atoms with Gasteiger partial charge in [-0.25, -0.2) is 0 Å². The normalized spacial score (nSPS) is 12.0. The molecule has 31 heavy (non-hydrogen) atoms. The Morgan fingerprint density at radius 2 is 1.26 bits per heavy atom. The van der Waals surface area contributed by atoms with Crippen LogP contribution < -0.4 is 11.5 Å². The molecule has 0 aliphatic carbocycles. The maximum Gasteiger partial charge on any atom is 0.170 e. The van der Waals surface area contributed by atoms with Gasteiger partial charge in [0, 0.05) is 22.9 Å². The quantitative estimate of drug-likeness (QED) is 0.164. The van der Waals surface area contributed by atoms with Gasteiger partial charge in [0.15, 0.2) is 5.78 Å². The van der Waals surface area contributed by atoms with E-state index >= 15 is 0 Å². The van der Waals surface area contributed by atoms with E-state index in [4.69, 9.17) is 11.5 Å². The fourth-order valence-corrected chi connectivity index (χ4v) is 4.26. The fraction of sp³-hybridized carbons (Fsp3) is 0.536. The summed E-state index contributed by atoms with van der Waals surface area (Å²) in [6.07, 6.45) is 16.7. The molecule has 0 bridgehead atoms. The molecule has 3 heteroatoms. The lowest BCUT2D eigenvalue weighted by atomic mass is 9.86. The van der Waals surface area contributed by atoms with Crippen molar-refractivity contribution in [3.8, 4) is 0 Å². The van der Waals surface area contributed by atoms with E-state index in [9.17, 15) is 4.79 Å². The highest BCUT2D eigenvalue weighted by Crippen LogP contribution is 2.28. The number of carbonyl (C=O) groups is 1.